The van der Waals surface area contributed by atoms with Gasteiger partial charge in [-0.25, -0.2) is 4.79 Å². The number of nitrogens with one attached hydrogen (secondary N) is 1. The van der Waals surface area contributed by atoms with Crippen LogP contribution in [0.4, 0.5) is 0 Å². The quantitative estimate of drug-likeness (QED) is 0.471. The molecule has 1 saturated heterocycles. The van der Waals surface area contributed by atoms with Gasteiger partial charge in [-0.3, -0.25) is 14.5 Å². The van der Waals surface area contributed by atoms with Gasteiger partial charge in [0.05, 0.1) is 4.91 Å². The first-order valence-corrected chi connectivity index (χ1v) is 10.4. The number of aryl methyl sites for hydroxylation is 1. The van der Waals surface area contributed by atoms with Gasteiger partial charge in [0.15, 0.2) is 0 Å². The molecule has 28 heavy (non-hydrogen) atoms. The van der Waals surface area contributed by atoms with Crippen molar-refractivity contribution in [1.29, 1.82) is 0 Å². The number of hydrogen-bond donors (Lipinski definition) is 2. The number of thiocarbonyl (C=S) groups is 1. The highest BCUT2D eigenvalue weighted by Gasteiger charge is 2.32. The average Bonchev–Trinajstić information content (AvgIpc) is 2.91. The summed E-state index contributed by atoms with van der Waals surface area (Å²) in [4.78, 5) is 37.9. The predicted octanol–water partition coefficient (Wildman–Crippen LogP) is 3.35. The van der Waals surface area contributed by atoms with Crippen molar-refractivity contribution in [2.75, 3.05) is 6.54 Å². The molecule has 1 heterocycles. The number of rotatable bonds is 9. The normalized spacial score (nSPS) is 16.5. The lowest BCUT2D eigenvalue weighted by molar-refractivity contribution is -0.142. The minimum Gasteiger partial charge on any atom is -0.480 e. The first-order chi connectivity index (χ1) is 13.3. The average molecular weight is 421 g/mol. The highest BCUT2D eigenvalue weighted by atomic mass is 32.2. The summed E-state index contributed by atoms with van der Waals surface area (Å²) in [6.07, 6.45) is 3.74. The molecule has 2 amide bonds. The lowest BCUT2D eigenvalue weighted by Crippen LogP contribution is -2.42. The van der Waals surface area contributed by atoms with E-state index in [-0.39, 0.29) is 18.9 Å². The number of nitrogens with zero attached hydrogens (tertiary/aromatic N) is 1. The maximum absolute atomic E-state index is 12.6. The van der Waals surface area contributed by atoms with Crippen molar-refractivity contribution in [3.8, 4) is 0 Å². The summed E-state index contributed by atoms with van der Waals surface area (Å²) in [6, 6.07) is 6.89. The lowest BCUT2D eigenvalue weighted by Gasteiger charge is -2.17. The van der Waals surface area contributed by atoms with Crippen molar-refractivity contribution in [2.45, 2.75) is 45.6 Å². The molecule has 1 aliphatic rings. The second-order valence-electron chi connectivity index (χ2n) is 6.59. The molecule has 0 spiro atoms. The highest BCUT2D eigenvalue weighted by Crippen LogP contribution is 2.32. The Hall–Kier alpha value is -2.19. The number of carbonyl (C=O) groups excluding carboxylic acids is 2. The van der Waals surface area contributed by atoms with Gasteiger partial charge >= 0.3 is 5.97 Å². The first kappa shape index (κ1) is 22.1. The number of carbonyl (C=O) groups is 3. The van der Waals surface area contributed by atoms with Crippen LogP contribution in [-0.4, -0.2) is 44.7 Å². The van der Waals surface area contributed by atoms with Gasteiger partial charge in [0.2, 0.25) is 5.91 Å². The Kier molecular flexibility index (Phi) is 8.19. The molecule has 1 aliphatic heterocycles. The third-order valence-electron chi connectivity index (χ3n) is 4.29. The number of thioether (sulfide) groups is 1. The van der Waals surface area contributed by atoms with E-state index in [0.29, 0.717) is 15.6 Å². The SMILES string of the molecule is CCCCC(NC(=O)CCN1C(=O)/C(=C\c2ccc(C)cc2)SC1=S)C(=O)O. The molecule has 150 valence electrons. The Morgan fingerprint density at radius 1 is 1.32 bits per heavy atom. The highest BCUT2D eigenvalue weighted by molar-refractivity contribution is 8.26. The van der Waals surface area contributed by atoms with Gasteiger partial charge in [0.1, 0.15) is 10.4 Å². The Bertz CT molecular complexity index is 790. The Balaban J connectivity index is 1.94. The molecule has 1 aromatic rings. The minimum absolute atomic E-state index is 0.000155. The van der Waals surface area contributed by atoms with Crippen LogP contribution in [-0.2, 0) is 14.4 Å². The monoisotopic (exact) mass is 420 g/mol. The fraction of sp³-hybridized carbons (Fsp3) is 0.400. The molecule has 0 saturated carbocycles. The summed E-state index contributed by atoms with van der Waals surface area (Å²) in [5.41, 5.74) is 2.04. The van der Waals surface area contributed by atoms with Gasteiger partial charge in [-0.15, -0.1) is 0 Å². The molecule has 1 fully saturated rings. The second kappa shape index (κ2) is 10.4. The number of carboxylic acid groups (broad SMARTS) is 1. The summed E-state index contributed by atoms with van der Waals surface area (Å²) in [6.45, 7) is 4.08. The zero-order valence-corrected chi connectivity index (χ0v) is 17.6. The molecule has 6 nitrogen and oxygen atoms in total. The Labute approximate surface area is 174 Å². The maximum Gasteiger partial charge on any atom is 0.326 e. The molecule has 0 bridgehead atoms. The third-order valence-corrected chi connectivity index (χ3v) is 5.67. The van der Waals surface area contributed by atoms with Gasteiger partial charge in [-0.05, 0) is 25.0 Å². The summed E-state index contributed by atoms with van der Waals surface area (Å²) in [7, 11) is 0. The molecule has 2 rings (SSSR count). The van der Waals surface area contributed by atoms with E-state index in [1.54, 1.807) is 6.08 Å². The van der Waals surface area contributed by atoms with E-state index < -0.39 is 17.9 Å². The van der Waals surface area contributed by atoms with E-state index in [4.69, 9.17) is 12.2 Å². The summed E-state index contributed by atoms with van der Waals surface area (Å²) < 4.78 is 0.400. The van der Waals surface area contributed by atoms with Gasteiger partial charge < -0.3 is 10.4 Å². The van der Waals surface area contributed by atoms with Crippen molar-refractivity contribution in [3.05, 3.63) is 40.3 Å². The predicted molar refractivity (Wildman–Crippen MR) is 115 cm³/mol. The minimum atomic E-state index is -1.05. The molecular formula is C20H24N2O4S2. The molecule has 2 N–H and O–H groups in total. The number of hydrogen-bond acceptors (Lipinski definition) is 5. The van der Waals surface area contributed by atoms with Crippen LogP contribution in [0, 0.1) is 6.92 Å². The van der Waals surface area contributed by atoms with E-state index >= 15 is 0 Å². The van der Waals surface area contributed by atoms with Crippen LogP contribution in [0.1, 0.15) is 43.7 Å². The lowest BCUT2D eigenvalue weighted by atomic mass is 10.1. The van der Waals surface area contributed by atoms with Crippen LogP contribution in [0.3, 0.4) is 0 Å². The number of amides is 2. The molecule has 8 heteroatoms. The van der Waals surface area contributed by atoms with Crippen LogP contribution in [0.2, 0.25) is 0 Å². The van der Waals surface area contributed by atoms with Crippen LogP contribution in [0.5, 0.6) is 0 Å². The summed E-state index contributed by atoms with van der Waals surface area (Å²) in [5.74, 6) is -1.68. The topological polar surface area (TPSA) is 86.7 Å². The van der Waals surface area contributed by atoms with E-state index in [0.717, 1.165) is 24.0 Å². The number of benzene rings is 1. The van der Waals surface area contributed by atoms with Crippen molar-refractivity contribution in [3.63, 3.8) is 0 Å². The zero-order valence-electron chi connectivity index (χ0n) is 15.9. The molecular weight excluding hydrogens is 396 g/mol. The van der Waals surface area contributed by atoms with E-state index in [1.165, 1.54) is 16.7 Å². The summed E-state index contributed by atoms with van der Waals surface area (Å²) >= 11 is 6.48. The number of carboxylic acids is 1. The van der Waals surface area contributed by atoms with Crippen LogP contribution in [0.25, 0.3) is 6.08 Å². The fourth-order valence-corrected chi connectivity index (χ4v) is 3.96. The van der Waals surface area contributed by atoms with Crippen molar-refractivity contribution in [1.82, 2.24) is 10.2 Å². The van der Waals surface area contributed by atoms with Crippen LogP contribution < -0.4 is 5.32 Å². The first-order valence-electron chi connectivity index (χ1n) is 9.16. The van der Waals surface area contributed by atoms with Gasteiger partial charge in [0, 0.05) is 13.0 Å². The van der Waals surface area contributed by atoms with Gasteiger partial charge in [-0.2, -0.15) is 0 Å². The standard InChI is InChI=1S/C20H24N2O4S2/c1-3-4-5-15(19(25)26)21-17(23)10-11-22-18(24)16(28-20(22)27)12-14-8-6-13(2)7-9-14/h6-9,12,15H,3-5,10-11H2,1-2H3,(H,21,23)(H,25,26)/b16-12+. The fourth-order valence-electron chi connectivity index (χ4n) is 2.65. The molecule has 1 unspecified atom stereocenters. The zero-order chi connectivity index (χ0) is 20.7. The largest absolute Gasteiger partial charge is 0.480 e. The third kappa shape index (κ3) is 6.17. The van der Waals surface area contributed by atoms with Gasteiger partial charge in [0.25, 0.3) is 5.91 Å². The Morgan fingerprint density at radius 3 is 2.61 bits per heavy atom. The van der Waals surface area contributed by atoms with E-state index in [2.05, 4.69) is 5.32 Å². The number of unbranched alkanes of at least 4 members (excludes halogenated alkanes) is 1. The van der Waals surface area contributed by atoms with Crippen LogP contribution >= 0.6 is 24.0 Å². The number of aliphatic carboxylic acids is 1. The molecule has 0 aliphatic carbocycles. The van der Waals surface area contributed by atoms with Crippen LogP contribution in [0.15, 0.2) is 29.2 Å². The van der Waals surface area contributed by atoms with Crippen molar-refractivity contribution >= 4 is 52.2 Å². The van der Waals surface area contributed by atoms with E-state index in [1.807, 2.05) is 38.1 Å². The Morgan fingerprint density at radius 2 is 2.00 bits per heavy atom. The maximum atomic E-state index is 12.6. The van der Waals surface area contributed by atoms with Crippen molar-refractivity contribution < 1.29 is 19.5 Å². The van der Waals surface area contributed by atoms with Gasteiger partial charge in [-0.1, -0.05) is 73.6 Å². The molecule has 0 aromatic heterocycles. The molecule has 0 radical (unpaired) electrons. The van der Waals surface area contributed by atoms with E-state index in [9.17, 15) is 19.5 Å². The van der Waals surface area contributed by atoms with Crippen molar-refractivity contribution in [2.24, 2.45) is 0 Å². The molecule has 1 atom stereocenters. The summed E-state index contributed by atoms with van der Waals surface area (Å²) in [5, 5.41) is 11.7. The smallest absolute Gasteiger partial charge is 0.326 e. The second-order valence-corrected chi connectivity index (χ2v) is 8.27. The molecule has 1 aromatic carbocycles.